The number of hydrogen-bond donors (Lipinski definition) is 3. The van der Waals surface area contributed by atoms with Crippen LogP contribution in [0, 0.1) is 5.82 Å². The summed E-state index contributed by atoms with van der Waals surface area (Å²) in [5.41, 5.74) is -7.13. The largest absolute Gasteiger partial charge is 0.430 e. The molecule has 2 aromatic rings. The van der Waals surface area contributed by atoms with Crippen molar-refractivity contribution in [1.82, 2.24) is 0 Å². The highest BCUT2D eigenvalue weighted by Gasteiger charge is 2.71. The topological polar surface area (TPSA) is 94.8 Å². The van der Waals surface area contributed by atoms with Crippen LogP contribution in [0.5, 0.6) is 0 Å². The summed E-state index contributed by atoms with van der Waals surface area (Å²) < 4.78 is 117. The van der Waals surface area contributed by atoms with Gasteiger partial charge in [-0.3, -0.25) is 0 Å². The van der Waals surface area contributed by atoms with Crippen LogP contribution < -0.4 is 0 Å². The maximum absolute atomic E-state index is 13.4. The molecule has 2 aromatic carbocycles. The van der Waals surface area contributed by atoms with Gasteiger partial charge in [0.25, 0.3) is 5.60 Å². The molecule has 0 bridgehead atoms. The van der Waals surface area contributed by atoms with Gasteiger partial charge in [-0.1, -0.05) is 24.3 Å². The van der Waals surface area contributed by atoms with Gasteiger partial charge in [-0.2, -0.15) is 26.3 Å². The van der Waals surface area contributed by atoms with Gasteiger partial charge in [0.1, 0.15) is 10.6 Å². The molecule has 1 aliphatic rings. The summed E-state index contributed by atoms with van der Waals surface area (Å²) >= 11 is 0. The normalized spacial score (nSPS) is 24.8. The van der Waals surface area contributed by atoms with Crippen LogP contribution in [0.15, 0.2) is 53.4 Å². The van der Waals surface area contributed by atoms with E-state index in [2.05, 4.69) is 0 Å². The molecular formula is C20H17F7O5S. The fourth-order valence-corrected chi connectivity index (χ4v) is 6.16. The molecule has 5 nitrogen and oxygen atoms in total. The summed E-state index contributed by atoms with van der Waals surface area (Å²) in [6.07, 6.45) is -16.7. The van der Waals surface area contributed by atoms with Crippen molar-refractivity contribution in [3.63, 3.8) is 0 Å². The van der Waals surface area contributed by atoms with Gasteiger partial charge in [-0.25, -0.2) is 12.8 Å². The number of hydrogen-bond acceptors (Lipinski definition) is 5. The zero-order chi connectivity index (χ0) is 25.0. The van der Waals surface area contributed by atoms with Gasteiger partial charge in [-0.15, -0.1) is 0 Å². The average molecular weight is 502 g/mol. The van der Waals surface area contributed by atoms with E-state index in [1.54, 1.807) is 0 Å². The number of halogens is 7. The summed E-state index contributed by atoms with van der Waals surface area (Å²) in [5, 5.41) is 29.6. The SMILES string of the molecule is O=S(=O)(c1ccc(F)cc1)C1(c2ccc(C(O)(C(F)(F)F)C(F)(F)F)cc2)C[C@@H](O)[C@@H](O)C1. The van der Waals surface area contributed by atoms with Crippen molar-refractivity contribution in [2.45, 2.75) is 52.6 Å². The van der Waals surface area contributed by atoms with Gasteiger partial charge in [0.05, 0.1) is 17.1 Å². The van der Waals surface area contributed by atoms with Gasteiger partial charge in [0, 0.05) is 5.56 Å². The monoisotopic (exact) mass is 502 g/mol. The lowest BCUT2D eigenvalue weighted by atomic mass is 9.88. The van der Waals surface area contributed by atoms with Crippen molar-refractivity contribution in [2.24, 2.45) is 0 Å². The van der Waals surface area contributed by atoms with E-state index in [9.17, 15) is 54.5 Å². The van der Waals surface area contributed by atoms with Crippen LogP contribution in [0.2, 0.25) is 0 Å². The predicted molar refractivity (Wildman–Crippen MR) is 99.0 cm³/mol. The molecule has 0 spiro atoms. The lowest BCUT2D eigenvalue weighted by molar-refractivity contribution is -0.376. The van der Waals surface area contributed by atoms with E-state index in [4.69, 9.17) is 0 Å². The Balaban J connectivity index is 2.18. The number of sulfone groups is 1. The second kappa shape index (κ2) is 7.93. The van der Waals surface area contributed by atoms with Crippen molar-refractivity contribution in [1.29, 1.82) is 0 Å². The Morgan fingerprint density at radius 3 is 1.61 bits per heavy atom. The van der Waals surface area contributed by atoms with Crippen molar-refractivity contribution in [3.05, 3.63) is 65.5 Å². The van der Waals surface area contributed by atoms with Crippen LogP contribution in [0.25, 0.3) is 0 Å². The van der Waals surface area contributed by atoms with E-state index < -0.39 is 73.9 Å². The number of alkyl halides is 6. The molecule has 1 aliphatic carbocycles. The van der Waals surface area contributed by atoms with Gasteiger partial charge < -0.3 is 15.3 Å². The Kier molecular flexibility index (Phi) is 6.10. The van der Waals surface area contributed by atoms with Crippen LogP contribution in [0.1, 0.15) is 24.0 Å². The predicted octanol–water partition coefficient (Wildman–Crippen LogP) is 3.32. The smallest absolute Gasteiger partial charge is 0.390 e. The third-order valence-corrected chi connectivity index (χ3v) is 8.30. The van der Waals surface area contributed by atoms with E-state index in [1.165, 1.54) is 0 Å². The summed E-state index contributed by atoms with van der Waals surface area (Å²) in [6, 6.07) is 5.36. The molecule has 33 heavy (non-hydrogen) atoms. The van der Waals surface area contributed by atoms with E-state index >= 15 is 0 Å². The average Bonchev–Trinajstić information content (AvgIpc) is 3.02. The first-order valence-electron chi connectivity index (χ1n) is 9.30. The minimum Gasteiger partial charge on any atom is -0.390 e. The Morgan fingerprint density at radius 2 is 1.21 bits per heavy atom. The van der Waals surface area contributed by atoms with E-state index in [0.29, 0.717) is 12.1 Å². The van der Waals surface area contributed by atoms with Gasteiger partial charge in [0.15, 0.2) is 9.84 Å². The molecule has 0 saturated heterocycles. The molecule has 3 rings (SSSR count). The van der Waals surface area contributed by atoms with Crippen LogP contribution in [-0.4, -0.2) is 48.3 Å². The van der Waals surface area contributed by atoms with Crippen molar-refractivity contribution in [3.8, 4) is 0 Å². The molecule has 0 amide bonds. The number of aliphatic hydroxyl groups excluding tert-OH is 2. The molecule has 3 N–H and O–H groups in total. The summed E-state index contributed by atoms with van der Waals surface area (Å²) in [4.78, 5) is -0.434. The van der Waals surface area contributed by atoms with Crippen LogP contribution >= 0.6 is 0 Å². The van der Waals surface area contributed by atoms with Crippen LogP contribution in [0.4, 0.5) is 30.7 Å². The van der Waals surface area contributed by atoms with E-state index in [1.807, 2.05) is 0 Å². The highest BCUT2D eigenvalue weighted by molar-refractivity contribution is 7.92. The fraction of sp³-hybridized carbons (Fsp3) is 0.400. The minimum absolute atomic E-state index is 0.287. The molecule has 0 aliphatic heterocycles. The highest BCUT2D eigenvalue weighted by Crippen LogP contribution is 2.52. The molecule has 3 atom stereocenters. The van der Waals surface area contributed by atoms with Crippen LogP contribution in [0.3, 0.4) is 0 Å². The molecule has 1 unspecified atom stereocenters. The molecule has 0 radical (unpaired) electrons. The number of rotatable bonds is 4. The summed E-state index contributed by atoms with van der Waals surface area (Å²) in [6.45, 7) is 0. The molecule has 1 saturated carbocycles. The third-order valence-electron chi connectivity index (χ3n) is 5.81. The Labute approximate surface area is 183 Å². The molecule has 13 heteroatoms. The molecule has 1 fully saturated rings. The Hall–Kier alpha value is -2.22. The van der Waals surface area contributed by atoms with E-state index in [-0.39, 0.29) is 17.7 Å². The summed E-state index contributed by atoms with van der Waals surface area (Å²) in [5.74, 6) is -0.766. The standard InChI is InChI=1S/C20H17F7O5S/c21-13-5-7-14(8-6-13)33(31,32)17(9-15(28)16(29)10-17)11-1-3-12(4-2-11)18(30,19(22,23)24)20(25,26)27/h1-8,15-16,28-30H,9-10H2/t15-,16+,17?. The molecule has 0 heterocycles. The quantitative estimate of drug-likeness (QED) is 0.441. The molecular weight excluding hydrogens is 485 g/mol. The van der Waals surface area contributed by atoms with Gasteiger partial charge in [0.2, 0.25) is 0 Å². The second-order valence-electron chi connectivity index (χ2n) is 7.78. The summed E-state index contributed by atoms with van der Waals surface area (Å²) in [7, 11) is -4.53. The Bertz CT molecular complexity index is 1090. The van der Waals surface area contributed by atoms with Crippen molar-refractivity contribution in [2.75, 3.05) is 0 Å². The zero-order valence-corrected chi connectivity index (χ0v) is 17.2. The minimum atomic E-state index is -6.13. The van der Waals surface area contributed by atoms with Crippen LogP contribution in [-0.2, 0) is 20.2 Å². The van der Waals surface area contributed by atoms with Gasteiger partial charge >= 0.3 is 12.4 Å². The number of benzene rings is 2. The van der Waals surface area contributed by atoms with Crippen molar-refractivity contribution >= 4 is 9.84 Å². The maximum atomic E-state index is 13.4. The third kappa shape index (κ3) is 3.90. The first-order chi connectivity index (χ1) is 15.0. The molecule has 0 aromatic heterocycles. The Morgan fingerprint density at radius 1 is 0.788 bits per heavy atom. The first kappa shape index (κ1) is 25.4. The maximum Gasteiger partial charge on any atom is 0.430 e. The van der Waals surface area contributed by atoms with Gasteiger partial charge in [-0.05, 0) is 42.7 Å². The number of aliphatic hydroxyl groups is 3. The molecule has 182 valence electrons. The first-order valence-corrected chi connectivity index (χ1v) is 10.8. The highest BCUT2D eigenvalue weighted by atomic mass is 32.2. The lowest BCUT2D eigenvalue weighted by Gasteiger charge is -2.34. The lowest BCUT2D eigenvalue weighted by Crippen LogP contribution is -2.53. The second-order valence-corrected chi connectivity index (χ2v) is 10.0. The van der Waals surface area contributed by atoms with E-state index in [0.717, 1.165) is 24.3 Å². The zero-order valence-electron chi connectivity index (χ0n) is 16.4. The fourth-order valence-electron chi connectivity index (χ4n) is 3.98. The van der Waals surface area contributed by atoms with Crippen molar-refractivity contribution < 1.29 is 54.5 Å².